The largest absolute Gasteiger partial charge is 0.481 e. The van der Waals surface area contributed by atoms with Gasteiger partial charge in [-0.3, -0.25) is 4.79 Å². The van der Waals surface area contributed by atoms with E-state index in [1.165, 1.54) is 24.3 Å². The Morgan fingerprint density at radius 1 is 0.962 bits per heavy atom. The van der Waals surface area contributed by atoms with E-state index in [1.54, 1.807) is 41.5 Å². The second-order valence-corrected chi connectivity index (χ2v) is 7.90. The predicted molar refractivity (Wildman–Crippen MR) is 96.2 cm³/mol. The van der Waals surface area contributed by atoms with E-state index in [4.69, 9.17) is 9.47 Å². The number of alkyl carbamates (subject to hydrolysis) is 1. The molecule has 1 unspecified atom stereocenters. The zero-order valence-electron chi connectivity index (χ0n) is 16.1. The maximum atomic E-state index is 12.0. The third kappa shape index (κ3) is 7.55. The van der Waals surface area contributed by atoms with Crippen LogP contribution in [-0.4, -0.2) is 40.9 Å². The van der Waals surface area contributed by atoms with E-state index in [0.29, 0.717) is 11.1 Å². The van der Waals surface area contributed by atoms with Crippen LogP contribution in [0.25, 0.3) is 0 Å². The first-order valence-electron chi connectivity index (χ1n) is 8.31. The molecule has 2 N–H and O–H groups in total. The fourth-order valence-corrected chi connectivity index (χ4v) is 2.04. The zero-order chi connectivity index (χ0) is 20.1. The van der Waals surface area contributed by atoms with Crippen LogP contribution in [0.2, 0.25) is 0 Å². The summed E-state index contributed by atoms with van der Waals surface area (Å²) in [5.74, 6) is -2.54. The monoisotopic (exact) mass is 365 g/mol. The molecular formula is C19H27NO6. The summed E-state index contributed by atoms with van der Waals surface area (Å²) in [6, 6.07) is 6.09. The Morgan fingerprint density at radius 3 is 1.88 bits per heavy atom. The molecule has 0 radical (unpaired) electrons. The zero-order valence-corrected chi connectivity index (χ0v) is 16.1. The molecule has 0 fully saturated rings. The number of benzene rings is 1. The molecule has 7 heteroatoms. The lowest BCUT2D eigenvalue weighted by atomic mass is 9.98. The number of carboxylic acid groups (broad SMARTS) is 1. The summed E-state index contributed by atoms with van der Waals surface area (Å²) < 4.78 is 10.4. The van der Waals surface area contributed by atoms with Crippen molar-refractivity contribution >= 4 is 18.0 Å². The van der Waals surface area contributed by atoms with Crippen LogP contribution in [0.1, 0.15) is 63.4 Å². The van der Waals surface area contributed by atoms with Crippen molar-refractivity contribution in [2.45, 2.75) is 58.7 Å². The molecule has 0 aliphatic heterocycles. The summed E-state index contributed by atoms with van der Waals surface area (Å²) in [7, 11) is 0. The number of rotatable bonds is 5. The molecule has 0 aliphatic rings. The molecule has 0 aromatic heterocycles. The van der Waals surface area contributed by atoms with E-state index in [9.17, 15) is 19.5 Å². The van der Waals surface area contributed by atoms with Crippen LogP contribution >= 0.6 is 0 Å². The fraction of sp³-hybridized carbons (Fsp3) is 0.526. The van der Waals surface area contributed by atoms with Crippen molar-refractivity contribution in [2.24, 2.45) is 0 Å². The second kappa shape index (κ2) is 8.21. The number of nitrogens with one attached hydrogen (secondary N) is 1. The van der Waals surface area contributed by atoms with E-state index < -0.39 is 35.2 Å². The minimum Gasteiger partial charge on any atom is -0.481 e. The molecule has 1 aromatic rings. The van der Waals surface area contributed by atoms with Gasteiger partial charge in [0.25, 0.3) is 0 Å². The molecule has 1 aromatic carbocycles. The molecule has 0 spiro atoms. The average Bonchev–Trinajstić information content (AvgIpc) is 2.44. The minimum absolute atomic E-state index is 0.129. The van der Waals surface area contributed by atoms with Gasteiger partial charge in [0.05, 0.1) is 11.5 Å². The van der Waals surface area contributed by atoms with Crippen molar-refractivity contribution in [1.82, 2.24) is 5.32 Å². The highest BCUT2D eigenvalue weighted by molar-refractivity contribution is 5.90. The van der Waals surface area contributed by atoms with Crippen LogP contribution in [0, 0.1) is 0 Å². The third-order valence-corrected chi connectivity index (χ3v) is 3.10. The van der Waals surface area contributed by atoms with E-state index in [0.717, 1.165) is 0 Å². The van der Waals surface area contributed by atoms with Crippen LogP contribution in [0.3, 0.4) is 0 Å². The van der Waals surface area contributed by atoms with Gasteiger partial charge in [-0.15, -0.1) is 0 Å². The van der Waals surface area contributed by atoms with Crippen LogP contribution in [0.5, 0.6) is 0 Å². The number of hydrogen-bond donors (Lipinski definition) is 2. The molecule has 1 amide bonds. The summed E-state index contributed by atoms with van der Waals surface area (Å²) in [6.45, 7) is 10.3. The van der Waals surface area contributed by atoms with Crippen LogP contribution in [0.15, 0.2) is 24.3 Å². The summed E-state index contributed by atoms with van der Waals surface area (Å²) in [5.41, 5.74) is -0.497. The third-order valence-electron chi connectivity index (χ3n) is 3.10. The lowest BCUT2D eigenvalue weighted by molar-refractivity contribution is -0.138. The van der Waals surface area contributed by atoms with Gasteiger partial charge in [-0.2, -0.15) is 0 Å². The van der Waals surface area contributed by atoms with Crippen LogP contribution in [-0.2, 0) is 14.3 Å². The van der Waals surface area contributed by atoms with E-state index in [2.05, 4.69) is 5.32 Å². The number of aliphatic carboxylic acids is 1. The smallest absolute Gasteiger partial charge is 0.407 e. The highest BCUT2D eigenvalue weighted by atomic mass is 16.6. The standard InChI is InChI=1S/C19H27NO6/c1-18(2,3)25-16(23)13-9-7-12(8-10-13)14(15(21)22)11-20-17(24)26-19(4,5)6/h7-10,14H,11H2,1-6H3,(H,20,24)(H,21,22). The van der Waals surface area contributed by atoms with Crippen molar-refractivity contribution in [1.29, 1.82) is 0 Å². The molecule has 0 aliphatic carbocycles. The molecule has 144 valence electrons. The Hall–Kier alpha value is -2.57. The van der Waals surface area contributed by atoms with Crippen molar-refractivity contribution in [2.75, 3.05) is 6.54 Å². The summed E-state index contributed by atoms with van der Waals surface area (Å²) in [4.78, 5) is 35.2. The van der Waals surface area contributed by atoms with Crippen molar-refractivity contribution in [3.8, 4) is 0 Å². The molecule has 0 saturated heterocycles. The van der Waals surface area contributed by atoms with Crippen molar-refractivity contribution in [3.05, 3.63) is 35.4 Å². The van der Waals surface area contributed by atoms with Gasteiger partial charge in [-0.05, 0) is 59.2 Å². The highest BCUT2D eigenvalue weighted by Gasteiger charge is 2.24. The maximum Gasteiger partial charge on any atom is 0.407 e. The Kier molecular flexibility index (Phi) is 6.78. The van der Waals surface area contributed by atoms with Gasteiger partial charge in [-0.25, -0.2) is 9.59 Å². The molecule has 1 atom stereocenters. The summed E-state index contributed by atoms with van der Waals surface area (Å²) in [5, 5.41) is 11.9. The molecule has 26 heavy (non-hydrogen) atoms. The Labute approximate surface area is 153 Å². The molecule has 1 rings (SSSR count). The van der Waals surface area contributed by atoms with Gasteiger partial charge in [0, 0.05) is 6.54 Å². The first kappa shape index (κ1) is 21.5. The van der Waals surface area contributed by atoms with Crippen LogP contribution < -0.4 is 5.32 Å². The Morgan fingerprint density at radius 2 is 1.46 bits per heavy atom. The number of carbonyl (C=O) groups excluding carboxylic acids is 2. The predicted octanol–water partition coefficient (Wildman–Crippen LogP) is 3.33. The van der Waals surface area contributed by atoms with E-state index in [1.807, 2.05) is 0 Å². The Bertz CT molecular complexity index is 652. The first-order chi connectivity index (χ1) is 11.8. The van der Waals surface area contributed by atoms with Gasteiger partial charge in [0.15, 0.2) is 0 Å². The fourth-order valence-electron chi connectivity index (χ4n) is 2.04. The topological polar surface area (TPSA) is 102 Å². The van der Waals surface area contributed by atoms with Crippen molar-refractivity contribution < 1.29 is 29.0 Å². The normalized spacial score (nSPS) is 12.8. The molecule has 0 bridgehead atoms. The first-order valence-corrected chi connectivity index (χ1v) is 8.31. The lowest BCUT2D eigenvalue weighted by Gasteiger charge is -2.21. The quantitative estimate of drug-likeness (QED) is 0.776. The summed E-state index contributed by atoms with van der Waals surface area (Å²) in [6.07, 6.45) is -0.686. The summed E-state index contributed by atoms with van der Waals surface area (Å²) >= 11 is 0. The van der Waals surface area contributed by atoms with Gasteiger partial charge in [0.1, 0.15) is 11.2 Å². The van der Waals surface area contributed by atoms with Gasteiger partial charge < -0.3 is 19.9 Å². The number of hydrogen-bond acceptors (Lipinski definition) is 5. The molecule has 7 nitrogen and oxygen atoms in total. The number of carboxylic acids is 1. The van der Waals surface area contributed by atoms with Gasteiger partial charge in [0.2, 0.25) is 0 Å². The molecular weight excluding hydrogens is 338 g/mol. The SMILES string of the molecule is CC(C)(C)OC(=O)NCC(C(=O)O)c1ccc(C(=O)OC(C)(C)C)cc1. The highest BCUT2D eigenvalue weighted by Crippen LogP contribution is 2.19. The van der Waals surface area contributed by atoms with E-state index >= 15 is 0 Å². The van der Waals surface area contributed by atoms with Crippen LogP contribution in [0.4, 0.5) is 4.79 Å². The number of ether oxygens (including phenoxy) is 2. The van der Waals surface area contributed by atoms with Crippen molar-refractivity contribution in [3.63, 3.8) is 0 Å². The number of esters is 1. The lowest BCUT2D eigenvalue weighted by Crippen LogP contribution is -2.36. The van der Waals surface area contributed by atoms with Gasteiger partial charge in [-0.1, -0.05) is 12.1 Å². The maximum absolute atomic E-state index is 12.0. The number of amides is 1. The molecule has 0 heterocycles. The number of carbonyl (C=O) groups is 3. The minimum atomic E-state index is -1.09. The average molecular weight is 365 g/mol. The molecule has 0 saturated carbocycles. The van der Waals surface area contributed by atoms with Gasteiger partial charge >= 0.3 is 18.0 Å². The van der Waals surface area contributed by atoms with E-state index in [-0.39, 0.29) is 6.54 Å². The second-order valence-electron chi connectivity index (χ2n) is 7.90. The Balaban J connectivity index is 2.80.